The minimum Gasteiger partial charge on any atom is -0.339 e. The summed E-state index contributed by atoms with van der Waals surface area (Å²) in [7, 11) is 0. The fourth-order valence-corrected chi connectivity index (χ4v) is 4.18. The molecule has 2 aromatic carbocycles. The third kappa shape index (κ3) is 3.16. The van der Waals surface area contributed by atoms with E-state index in [-0.39, 0.29) is 17.1 Å². The van der Waals surface area contributed by atoms with Crippen LogP contribution in [0.4, 0.5) is 4.39 Å². The molecule has 0 spiro atoms. The first-order valence-corrected chi connectivity index (χ1v) is 9.65. The molecule has 1 fully saturated rings. The van der Waals surface area contributed by atoms with Crippen molar-refractivity contribution in [2.24, 2.45) is 5.73 Å². The van der Waals surface area contributed by atoms with Gasteiger partial charge in [0, 0.05) is 30.4 Å². The number of rotatable bonds is 3. The molecule has 4 nitrogen and oxygen atoms in total. The van der Waals surface area contributed by atoms with Crippen molar-refractivity contribution in [3.05, 3.63) is 77.2 Å². The lowest BCUT2D eigenvalue weighted by Gasteiger charge is -2.41. The maximum absolute atomic E-state index is 14.0. The first-order chi connectivity index (χ1) is 13.5. The second-order valence-corrected chi connectivity index (χ2v) is 7.58. The van der Waals surface area contributed by atoms with Crippen LogP contribution in [0.5, 0.6) is 0 Å². The minimum absolute atomic E-state index is 0.0464. The molecule has 3 aromatic rings. The number of amides is 1. The summed E-state index contributed by atoms with van der Waals surface area (Å²) in [5.74, 6) is -0.414. The van der Waals surface area contributed by atoms with Crippen LogP contribution in [0.2, 0.25) is 0 Å². The fourth-order valence-electron chi connectivity index (χ4n) is 4.18. The number of para-hydroxylation sites is 1. The van der Waals surface area contributed by atoms with E-state index in [1.54, 1.807) is 25.1 Å². The second-order valence-electron chi connectivity index (χ2n) is 7.58. The van der Waals surface area contributed by atoms with Crippen molar-refractivity contribution in [3.63, 3.8) is 0 Å². The molecular formula is C23H24FN3O. The Kier molecular flexibility index (Phi) is 4.85. The van der Waals surface area contributed by atoms with Crippen molar-refractivity contribution < 1.29 is 9.18 Å². The molecule has 0 aliphatic carbocycles. The van der Waals surface area contributed by atoms with Gasteiger partial charge in [0.2, 0.25) is 0 Å². The van der Waals surface area contributed by atoms with Gasteiger partial charge in [0.25, 0.3) is 5.91 Å². The molecule has 28 heavy (non-hydrogen) atoms. The lowest BCUT2D eigenvalue weighted by molar-refractivity contribution is 0.0669. The number of hydrogen-bond donors (Lipinski definition) is 1. The molecule has 0 saturated carbocycles. The van der Waals surface area contributed by atoms with E-state index < -0.39 is 0 Å². The Morgan fingerprint density at radius 2 is 1.86 bits per heavy atom. The third-order valence-electron chi connectivity index (χ3n) is 6.00. The van der Waals surface area contributed by atoms with Crippen LogP contribution < -0.4 is 5.73 Å². The summed E-state index contributed by atoms with van der Waals surface area (Å²) < 4.78 is 14.0. The van der Waals surface area contributed by atoms with Crippen LogP contribution in [0.1, 0.15) is 34.5 Å². The van der Waals surface area contributed by atoms with Crippen LogP contribution in [-0.4, -0.2) is 35.4 Å². The van der Waals surface area contributed by atoms with Crippen molar-refractivity contribution in [3.8, 4) is 0 Å². The molecule has 0 radical (unpaired) electrons. The van der Waals surface area contributed by atoms with E-state index in [0.29, 0.717) is 41.8 Å². The Balaban J connectivity index is 1.58. The van der Waals surface area contributed by atoms with Gasteiger partial charge in [0.1, 0.15) is 11.3 Å². The lowest BCUT2D eigenvalue weighted by atomic mass is 9.73. The maximum Gasteiger partial charge on any atom is 0.255 e. The summed E-state index contributed by atoms with van der Waals surface area (Å²) >= 11 is 0. The molecule has 1 aliphatic heterocycles. The van der Waals surface area contributed by atoms with E-state index in [0.717, 1.165) is 12.8 Å². The Morgan fingerprint density at radius 3 is 2.54 bits per heavy atom. The normalized spacial score (nSPS) is 16.3. The standard InChI is InChI=1S/C23H24FN3O/c1-16-19(14-17-6-5-9-20(24)21(17)26-16)22(28)27-12-10-23(15-25,11-13-27)18-7-3-2-4-8-18/h2-9,14H,10-13,15,25H2,1H3. The molecule has 1 aromatic heterocycles. The summed E-state index contributed by atoms with van der Waals surface area (Å²) in [5, 5.41) is 0.645. The molecule has 1 amide bonds. The molecule has 2 heterocycles. The average molecular weight is 377 g/mol. The van der Waals surface area contributed by atoms with Crippen LogP contribution in [0.15, 0.2) is 54.6 Å². The quantitative estimate of drug-likeness (QED) is 0.755. The number of carbonyl (C=O) groups is 1. The number of likely N-dealkylation sites (tertiary alicyclic amines) is 1. The summed E-state index contributed by atoms with van der Waals surface area (Å²) in [6.07, 6.45) is 1.65. The fraction of sp³-hybridized carbons (Fsp3) is 0.304. The van der Waals surface area contributed by atoms with Crippen molar-refractivity contribution in [1.29, 1.82) is 0 Å². The van der Waals surface area contributed by atoms with Crippen LogP contribution in [-0.2, 0) is 5.41 Å². The molecule has 0 bridgehead atoms. The average Bonchev–Trinajstić information content (AvgIpc) is 2.74. The van der Waals surface area contributed by atoms with E-state index in [4.69, 9.17) is 5.73 Å². The molecule has 4 rings (SSSR count). The SMILES string of the molecule is Cc1nc2c(F)cccc2cc1C(=O)N1CCC(CN)(c2ccccc2)CC1. The van der Waals surface area contributed by atoms with E-state index >= 15 is 0 Å². The Bertz CT molecular complexity index is 1010. The summed E-state index contributed by atoms with van der Waals surface area (Å²) in [6.45, 7) is 3.61. The van der Waals surface area contributed by atoms with Crippen LogP contribution >= 0.6 is 0 Å². The zero-order valence-corrected chi connectivity index (χ0v) is 16.0. The largest absolute Gasteiger partial charge is 0.339 e. The number of halogens is 1. The summed E-state index contributed by atoms with van der Waals surface area (Å²) in [6, 6.07) is 16.9. The number of nitrogens with zero attached hydrogens (tertiary/aromatic N) is 2. The monoisotopic (exact) mass is 377 g/mol. The maximum atomic E-state index is 14.0. The zero-order chi connectivity index (χ0) is 19.7. The van der Waals surface area contributed by atoms with E-state index in [1.807, 2.05) is 23.1 Å². The number of aromatic nitrogens is 1. The van der Waals surface area contributed by atoms with Gasteiger partial charge < -0.3 is 10.6 Å². The number of fused-ring (bicyclic) bond motifs is 1. The van der Waals surface area contributed by atoms with Gasteiger partial charge in [-0.05, 0) is 37.5 Å². The Labute approximate surface area is 164 Å². The highest BCUT2D eigenvalue weighted by atomic mass is 19.1. The Morgan fingerprint density at radius 1 is 1.14 bits per heavy atom. The van der Waals surface area contributed by atoms with Crippen LogP contribution in [0.3, 0.4) is 0 Å². The summed E-state index contributed by atoms with van der Waals surface area (Å²) in [5.41, 5.74) is 8.71. The smallest absolute Gasteiger partial charge is 0.255 e. The molecule has 144 valence electrons. The number of carbonyl (C=O) groups excluding carboxylic acids is 1. The molecule has 0 unspecified atom stereocenters. The highest BCUT2D eigenvalue weighted by Gasteiger charge is 2.36. The van der Waals surface area contributed by atoms with E-state index in [1.165, 1.54) is 11.6 Å². The first-order valence-electron chi connectivity index (χ1n) is 9.65. The molecule has 0 atom stereocenters. The first kappa shape index (κ1) is 18.6. The van der Waals surface area contributed by atoms with Crippen molar-refractivity contribution in [1.82, 2.24) is 9.88 Å². The van der Waals surface area contributed by atoms with Gasteiger partial charge in [-0.1, -0.05) is 42.5 Å². The molecule has 5 heteroatoms. The van der Waals surface area contributed by atoms with Gasteiger partial charge >= 0.3 is 0 Å². The number of pyridine rings is 1. The molecular weight excluding hydrogens is 353 g/mol. The third-order valence-corrected chi connectivity index (χ3v) is 6.00. The predicted molar refractivity (Wildman–Crippen MR) is 109 cm³/mol. The molecule has 2 N–H and O–H groups in total. The Hall–Kier alpha value is -2.79. The van der Waals surface area contributed by atoms with Gasteiger partial charge in [-0.15, -0.1) is 0 Å². The predicted octanol–water partition coefficient (Wildman–Crippen LogP) is 3.82. The highest BCUT2D eigenvalue weighted by molar-refractivity contribution is 5.98. The topological polar surface area (TPSA) is 59.2 Å². The van der Waals surface area contributed by atoms with Gasteiger partial charge in [-0.25, -0.2) is 9.37 Å². The number of aryl methyl sites for hydroxylation is 1. The van der Waals surface area contributed by atoms with Crippen LogP contribution in [0, 0.1) is 12.7 Å². The number of nitrogens with two attached hydrogens (primary N) is 1. The lowest BCUT2D eigenvalue weighted by Crippen LogP contribution is -2.48. The van der Waals surface area contributed by atoms with E-state index in [9.17, 15) is 9.18 Å². The van der Waals surface area contributed by atoms with Gasteiger partial charge in [0.05, 0.1) is 11.3 Å². The van der Waals surface area contributed by atoms with Gasteiger partial charge in [0.15, 0.2) is 0 Å². The molecule has 1 aliphatic rings. The number of piperidine rings is 1. The highest BCUT2D eigenvalue weighted by Crippen LogP contribution is 2.35. The number of benzene rings is 2. The molecule has 1 saturated heterocycles. The van der Waals surface area contributed by atoms with Gasteiger partial charge in [-0.3, -0.25) is 4.79 Å². The second kappa shape index (κ2) is 7.32. The van der Waals surface area contributed by atoms with E-state index in [2.05, 4.69) is 17.1 Å². The zero-order valence-electron chi connectivity index (χ0n) is 16.0. The minimum atomic E-state index is -0.367. The van der Waals surface area contributed by atoms with Crippen molar-refractivity contribution in [2.45, 2.75) is 25.2 Å². The number of hydrogen-bond acceptors (Lipinski definition) is 3. The van der Waals surface area contributed by atoms with Crippen molar-refractivity contribution in [2.75, 3.05) is 19.6 Å². The van der Waals surface area contributed by atoms with Gasteiger partial charge in [-0.2, -0.15) is 0 Å². The van der Waals surface area contributed by atoms with Crippen LogP contribution in [0.25, 0.3) is 10.9 Å². The summed E-state index contributed by atoms with van der Waals surface area (Å²) in [4.78, 5) is 19.4. The van der Waals surface area contributed by atoms with Crippen molar-refractivity contribution >= 4 is 16.8 Å².